The van der Waals surface area contributed by atoms with Crippen molar-refractivity contribution in [2.75, 3.05) is 7.11 Å². The number of hydrogen-bond donors (Lipinski definition) is 0. The highest BCUT2D eigenvalue weighted by Gasteiger charge is 2.00. The topological polar surface area (TPSA) is 35.0 Å². The van der Waals surface area contributed by atoms with Gasteiger partial charge >= 0.3 is 0 Å². The Hall–Kier alpha value is -1.97. The fourth-order valence-corrected chi connectivity index (χ4v) is 1.36. The Morgan fingerprint density at radius 1 is 1.06 bits per heavy atom. The lowest BCUT2D eigenvalue weighted by atomic mass is 10.1. The van der Waals surface area contributed by atoms with Crippen LogP contribution in [-0.2, 0) is 6.42 Å². The second-order valence-electron chi connectivity index (χ2n) is 3.37. The largest absolute Gasteiger partial charge is 0.480 e. The first-order chi connectivity index (χ1) is 7.78. The average molecular weight is 218 g/mol. The second-order valence-corrected chi connectivity index (χ2v) is 3.37. The molecule has 1 aromatic heterocycles. The van der Waals surface area contributed by atoms with E-state index in [1.165, 1.54) is 12.1 Å². The first kappa shape index (κ1) is 10.5. The van der Waals surface area contributed by atoms with Crippen LogP contribution in [0.2, 0.25) is 0 Å². The molecule has 0 fully saturated rings. The minimum atomic E-state index is -0.232. The highest BCUT2D eigenvalue weighted by molar-refractivity contribution is 5.22. The van der Waals surface area contributed by atoms with E-state index in [9.17, 15) is 4.39 Å². The highest BCUT2D eigenvalue weighted by Crippen LogP contribution is 2.10. The maximum absolute atomic E-state index is 12.7. The number of ether oxygens (including phenoxy) is 1. The molecule has 0 amide bonds. The summed E-state index contributed by atoms with van der Waals surface area (Å²) in [5, 5.41) is 7.86. The summed E-state index contributed by atoms with van der Waals surface area (Å²) in [6.07, 6.45) is 0.636. The first-order valence-electron chi connectivity index (χ1n) is 4.89. The van der Waals surface area contributed by atoms with Crippen LogP contribution in [0.4, 0.5) is 4.39 Å². The quantitative estimate of drug-likeness (QED) is 0.792. The molecule has 0 atom stereocenters. The summed E-state index contributed by atoms with van der Waals surface area (Å²) >= 11 is 0. The summed E-state index contributed by atoms with van der Waals surface area (Å²) < 4.78 is 17.6. The van der Waals surface area contributed by atoms with Crippen LogP contribution >= 0.6 is 0 Å². The summed E-state index contributed by atoms with van der Waals surface area (Å²) in [4.78, 5) is 0. The molecule has 2 aromatic rings. The lowest BCUT2D eigenvalue weighted by Crippen LogP contribution is -1.96. The molecular weight excluding hydrogens is 207 g/mol. The zero-order chi connectivity index (χ0) is 11.4. The molecule has 0 saturated carbocycles. The molecule has 0 bridgehead atoms. The van der Waals surface area contributed by atoms with E-state index in [-0.39, 0.29) is 5.82 Å². The maximum Gasteiger partial charge on any atom is 0.233 e. The van der Waals surface area contributed by atoms with Crippen molar-refractivity contribution < 1.29 is 9.13 Å². The summed E-state index contributed by atoms with van der Waals surface area (Å²) in [5.74, 6) is 0.257. The highest BCUT2D eigenvalue weighted by atomic mass is 19.1. The van der Waals surface area contributed by atoms with Crippen molar-refractivity contribution in [1.82, 2.24) is 10.2 Å². The van der Waals surface area contributed by atoms with Gasteiger partial charge in [-0.1, -0.05) is 12.1 Å². The molecule has 16 heavy (non-hydrogen) atoms. The third kappa shape index (κ3) is 2.53. The van der Waals surface area contributed by atoms with Gasteiger partial charge in [0.25, 0.3) is 0 Å². The normalized spacial score (nSPS) is 10.1. The Kier molecular flexibility index (Phi) is 3.10. The summed E-state index contributed by atoms with van der Waals surface area (Å²) in [6.45, 7) is 0. The van der Waals surface area contributed by atoms with E-state index in [2.05, 4.69) is 10.2 Å². The van der Waals surface area contributed by atoms with Crippen molar-refractivity contribution in [2.24, 2.45) is 0 Å². The van der Waals surface area contributed by atoms with E-state index in [1.807, 2.05) is 6.07 Å². The minimum absolute atomic E-state index is 0.232. The van der Waals surface area contributed by atoms with Crippen LogP contribution in [0.1, 0.15) is 11.3 Å². The van der Waals surface area contributed by atoms with Crippen LogP contribution < -0.4 is 4.74 Å². The predicted molar refractivity (Wildman–Crippen MR) is 57.8 cm³/mol. The van der Waals surface area contributed by atoms with Crippen LogP contribution in [0, 0.1) is 5.82 Å². The molecule has 82 valence electrons. The lowest BCUT2D eigenvalue weighted by molar-refractivity contribution is 0.391. The second kappa shape index (κ2) is 4.70. The van der Waals surface area contributed by atoms with Gasteiger partial charge < -0.3 is 4.74 Å². The molecule has 0 aliphatic heterocycles. The number of hydrogen-bond acceptors (Lipinski definition) is 3. The summed E-state index contributed by atoms with van der Waals surface area (Å²) in [5.41, 5.74) is 1.83. The number of rotatable bonds is 3. The molecule has 0 N–H and O–H groups in total. The monoisotopic (exact) mass is 218 g/mol. The molecule has 0 saturated heterocycles. The Labute approximate surface area is 92.9 Å². The van der Waals surface area contributed by atoms with Crippen LogP contribution in [0.3, 0.4) is 0 Å². The first-order valence-corrected chi connectivity index (χ1v) is 4.89. The molecule has 0 spiro atoms. The van der Waals surface area contributed by atoms with Gasteiger partial charge in [0.2, 0.25) is 5.88 Å². The standard InChI is InChI=1S/C12H11FN2O/c1-16-12-7-6-11(14-15-12)8-9-2-4-10(13)5-3-9/h2-7H,8H2,1H3. The minimum Gasteiger partial charge on any atom is -0.480 e. The van der Waals surface area contributed by atoms with Gasteiger partial charge in [-0.3, -0.25) is 0 Å². The summed E-state index contributed by atoms with van der Waals surface area (Å²) in [6, 6.07) is 9.95. The van der Waals surface area contributed by atoms with Crippen molar-refractivity contribution in [2.45, 2.75) is 6.42 Å². The molecule has 0 unspecified atom stereocenters. The zero-order valence-electron chi connectivity index (χ0n) is 8.85. The van der Waals surface area contributed by atoms with Crippen molar-refractivity contribution in [3.8, 4) is 5.88 Å². The Balaban J connectivity index is 2.11. The van der Waals surface area contributed by atoms with Gasteiger partial charge in [0.1, 0.15) is 5.82 Å². The molecule has 2 rings (SSSR count). The van der Waals surface area contributed by atoms with Gasteiger partial charge in [-0.15, -0.1) is 5.10 Å². The summed E-state index contributed by atoms with van der Waals surface area (Å²) in [7, 11) is 1.55. The number of aromatic nitrogens is 2. The van der Waals surface area contributed by atoms with Gasteiger partial charge in [0.05, 0.1) is 12.8 Å². The van der Waals surface area contributed by atoms with Crippen molar-refractivity contribution in [3.05, 3.63) is 53.5 Å². The smallest absolute Gasteiger partial charge is 0.233 e. The molecule has 0 radical (unpaired) electrons. The molecule has 3 nitrogen and oxygen atoms in total. The van der Waals surface area contributed by atoms with E-state index in [1.54, 1.807) is 25.3 Å². The molecule has 0 aliphatic rings. The number of nitrogens with zero attached hydrogens (tertiary/aromatic N) is 2. The number of halogens is 1. The third-order valence-corrected chi connectivity index (χ3v) is 2.20. The molecular formula is C12H11FN2O. The van der Waals surface area contributed by atoms with Crippen LogP contribution in [0.5, 0.6) is 5.88 Å². The van der Waals surface area contributed by atoms with Gasteiger partial charge in [-0.25, -0.2) is 4.39 Å². The van der Waals surface area contributed by atoms with Crippen molar-refractivity contribution >= 4 is 0 Å². The number of methoxy groups -OCH3 is 1. The van der Waals surface area contributed by atoms with Gasteiger partial charge in [0.15, 0.2) is 0 Å². The Morgan fingerprint density at radius 3 is 2.38 bits per heavy atom. The van der Waals surface area contributed by atoms with E-state index in [0.29, 0.717) is 12.3 Å². The van der Waals surface area contributed by atoms with Crippen LogP contribution in [-0.4, -0.2) is 17.3 Å². The lowest BCUT2D eigenvalue weighted by Gasteiger charge is -2.01. The molecule has 0 aliphatic carbocycles. The third-order valence-electron chi connectivity index (χ3n) is 2.20. The van der Waals surface area contributed by atoms with Gasteiger partial charge in [0, 0.05) is 12.5 Å². The van der Waals surface area contributed by atoms with Crippen LogP contribution in [0.15, 0.2) is 36.4 Å². The fourth-order valence-electron chi connectivity index (χ4n) is 1.36. The van der Waals surface area contributed by atoms with E-state index in [0.717, 1.165) is 11.3 Å². The SMILES string of the molecule is COc1ccc(Cc2ccc(F)cc2)nn1. The molecule has 1 aromatic carbocycles. The van der Waals surface area contributed by atoms with E-state index >= 15 is 0 Å². The Morgan fingerprint density at radius 2 is 1.81 bits per heavy atom. The number of benzene rings is 1. The fraction of sp³-hybridized carbons (Fsp3) is 0.167. The van der Waals surface area contributed by atoms with Gasteiger partial charge in [-0.2, -0.15) is 5.10 Å². The maximum atomic E-state index is 12.7. The van der Waals surface area contributed by atoms with E-state index in [4.69, 9.17) is 4.74 Å². The van der Waals surface area contributed by atoms with Crippen LogP contribution in [0.25, 0.3) is 0 Å². The average Bonchev–Trinajstić information content (AvgIpc) is 2.33. The predicted octanol–water partition coefficient (Wildman–Crippen LogP) is 2.22. The van der Waals surface area contributed by atoms with Crippen molar-refractivity contribution in [1.29, 1.82) is 0 Å². The van der Waals surface area contributed by atoms with E-state index < -0.39 is 0 Å². The van der Waals surface area contributed by atoms with Crippen molar-refractivity contribution in [3.63, 3.8) is 0 Å². The zero-order valence-corrected chi connectivity index (χ0v) is 8.85. The van der Waals surface area contributed by atoms with Gasteiger partial charge in [-0.05, 0) is 23.8 Å². The molecule has 1 heterocycles. The molecule has 4 heteroatoms. The Bertz CT molecular complexity index is 453.